The summed E-state index contributed by atoms with van der Waals surface area (Å²) in [5.74, 6) is 1.38. The van der Waals surface area contributed by atoms with Crippen molar-refractivity contribution in [1.29, 1.82) is 0 Å². The number of benzene rings is 1. The molecule has 5 aromatic rings. The summed E-state index contributed by atoms with van der Waals surface area (Å²) in [7, 11) is 2.95. The zero-order valence-corrected chi connectivity index (χ0v) is 22.1. The van der Waals surface area contributed by atoms with Gasteiger partial charge in [-0.05, 0) is 30.5 Å². The largest absolute Gasteiger partial charge is 0.496 e. The molecule has 41 heavy (non-hydrogen) atoms. The summed E-state index contributed by atoms with van der Waals surface area (Å²) in [6, 6.07) is 5.02. The molecule has 0 unspecified atom stereocenters. The second-order valence-electron chi connectivity index (χ2n) is 9.56. The fraction of sp³-hybridized carbons (Fsp3) is 0.333. The molecule has 4 aromatic heterocycles. The molecule has 0 amide bonds. The molecule has 1 aliphatic rings. The molecule has 1 aliphatic carbocycles. The van der Waals surface area contributed by atoms with Gasteiger partial charge >= 0.3 is 6.18 Å². The minimum absolute atomic E-state index is 0.0363. The van der Waals surface area contributed by atoms with Gasteiger partial charge < -0.3 is 14.0 Å². The Labute approximate surface area is 231 Å². The number of imidazole rings is 1. The highest BCUT2D eigenvalue weighted by atomic mass is 19.4. The van der Waals surface area contributed by atoms with E-state index in [0.717, 1.165) is 34.9 Å². The molecule has 10 nitrogen and oxygen atoms in total. The van der Waals surface area contributed by atoms with Gasteiger partial charge in [-0.15, -0.1) is 0 Å². The van der Waals surface area contributed by atoms with E-state index in [1.807, 2.05) is 0 Å². The normalized spacial score (nSPS) is 13.6. The molecule has 0 N–H and O–H groups in total. The molecule has 0 saturated heterocycles. The van der Waals surface area contributed by atoms with Crippen molar-refractivity contribution >= 4 is 11.0 Å². The van der Waals surface area contributed by atoms with Crippen molar-refractivity contribution in [3.63, 3.8) is 0 Å². The van der Waals surface area contributed by atoms with Crippen molar-refractivity contribution in [3.8, 4) is 34.4 Å². The highest BCUT2D eigenvalue weighted by Crippen LogP contribution is 2.45. The van der Waals surface area contributed by atoms with Crippen molar-refractivity contribution in [3.05, 3.63) is 60.1 Å². The van der Waals surface area contributed by atoms with E-state index in [1.165, 1.54) is 20.5 Å². The highest BCUT2D eigenvalue weighted by Gasteiger charge is 2.35. The molecule has 0 spiro atoms. The van der Waals surface area contributed by atoms with Gasteiger partial charge in [0, 0.05) is 18.3 Å². The zero-order chi connectivity index (χ0) is 28.7. The predicted octanol–water partition coefficient (Wildman–Crippen LogP) is 5.08. The van der Waals surface area contributed by atoms with Crippen LogP contribution >= 0.6 is 0 Å². The molecule has 0 radical (unpaired) electrons. The van der Waals surface area contributed by atoms with Crippen molar-refractivity contribution in [1.82, 2.24) is 39.3 Å². The molecular weight excluding hydrogens is 544 g/mol. The molecule has 0 bridgehead atoms. The van der Waals surface area contributed by atoms with Crippen LogP contribution in [0.3, 0.4) is 0 Å². The number of hydrogen-bond acceptors (Lipinski definition) is 8. The molecule has 1 saturated carbocycles. The van der Waals surface area contributed by atoms with Crippen LogP contribution in [0.25, 0.3) is 33.8 Å². The van der Waals surface area contributed by atoms with Crippen molar-refractivity contribution < 1.29 is 27.0 Å². The van der Waals surface area contributed by atoms with Crippen molar-refractivity contribution in [2.24, 2.45) is 0 Å². The second kappa shape index (κ2) is 10.4. The first-order valence-electron chi connectivity index (χ1n) is 12.8. The Morgan fingerprint density at radius 2 is 1.85 bits per heavy atom. The van der Waals surface area contributed by atoms with E-state index in [4.69, 9.17) is 14.5 Å². The highest BCUT2D eigenvalue weighted by molar-refractivity contribution is 5.77. The summed E-state index contributed by atoms with van der Waals surface area (Å²) < 4.78 is 66.9. The number of halogens is 4. The predicted molar refractivity (Wildman–Crippen MR) is 139 cm³/mol. The third kappa shape index (κ3) is 5.05. The first-order valence-corrected chi connectivity index (χ1v) is 12.8. The maximum Gasteiger partial charge on any atom is 0.434 e. The second-order valence-corrected chi connectivity index (χ2v) is 9.56. The number of hydrogen-bond donors (Lipinski definition) is 0. The summed E-state index contributed by atoms with van der Waals surface area (Å²) in [4.78, 5) is 21.8. The number of nitrogens with zero attached hydrogens (tertiary/aromatic N) is 8. The average molecular weight is 569 g/mol. The summed E-state index contributed by atoms with van der Waals surface area (Å²) in [6.45, 7) is -0.841. The fourth-order valence-electron chi connectivity index (χ4n) is 4.74. The Morgan fingerprint density at radius 3 is 2.56 bits per heavy atom. The van der Waals surface area contributed by atoms with Crippen molar-refractivity contribution in [2.75, 3.05) is 20.9 Å². The molecule has 6 rings (SSSR count). The van der Waals surface area contributed by atoms with Gasteiger partial charge in [0.15, 0.2) is 17.2 Å². The molecule has 0 atom stereocenters. The Hall–Kier alpha value is -4.62. The van der Waals surface area contributed by atoms with Crippen LogP contribution < -0.4 is 9.47 Å². The van der Waals surface area contributed by atoms with Crippen LogP contribution in [0.15, 0.2) is 43.1 Å². The van der Waals surface area contributed by atoms with Crippen molar-refractivity contribution in [2.45, 2.75) is 38.0 Å². The number of aryl methyl sites for hydroxylation is 1. The summed E-state index contributed by atoms with van der Waals surface area (Å²) in [5.41, 5.74) is 2.02. The molecule has 1 aromatic carbocycles. The Kier molecular flexibility index (Phi) is 6.75. The van der Waals surface area contributed by atoms with Crippen LogP contribution in [0, 0.1) is 0 Å². The van der Waals surface area contributed by atoms with E-state index >= 15 is 0 Å². The summed E-state index contributed by atoms with van der Waals surface area (Å²) in [6.07, 6.45) is 2.99. The Morgan fingerprint density at radius 1 is 1.02 bits per heavy atom. The van der Waals surface area contributed by atoms with Crippen LogP contribution in [-0.2, 0) is 19.3 Å². The van der Waals surface area contributed by atoms with Gasteiger partial charge in [-0.1, -0.05) is 6.07 Å². The van der Waals surface area contributed by atoms with Gasteiger partial charge in [0.25, 0.3) is 0 Å². The van der Waals surface area contributed by atoms with E-state index < -0.39 is 18.5 Å². The van der Waals surface area contributed by atoms with Crippen LogP contribution in [0.5, 0.6) is 11.6 Å². The van der Waals surface area contributed by atoms with E-state index in [9.17, 15) is 17.6 Å². The Balaban J connectivity index is 1.36. The van der Waals surface area contributed by atoms with Gasteiger partial charge in [0.2, 0.25) is 5.88 Å². The van der Waals surface area contributed by atoms with Gasteiger partial charge in [-0.25, -0.2) is 34.0 Å². The van der Waals surface area contributed by atoms with Gasteiger partial charge in [0.1, 0.15) is 30.1 Å². The molecular formula is C27H24F4N8O2. The third-order valence-electron chi connectivity index (χ3n) is 6.83. The minimum atomic E-state index is -4.67. The van der Waals surface area contributed by atoms with Gasteiger partial charge in [0.05, 0.1) is 50.1 Å². The molecule has 1 fully saturated rings. The maximum absolute atomic E-state index is 13.3. The molecule has 4 heterocycles. The number of methoxy groups -OCH3 is 2. The third-order valence-corrected chi connectivity index (χ3v) is 6.83. The number of aromatic nitrogens is 8. The smallest absolute Gasteiger partial charge is 0.434 e. The van der Waals surface area contributed by atoms with E-state index in [-0.39, 0.29) is 24.7 Å². The lowest BCUT2D eigenvalue weighted by Crippen LogP contribution is -2.06. The number of fused-ring (bicyclic) bond motifs is 1. The number of rotatable bonds is 9. The lowest BCUT2D eigenvalue weighted by atomic mass is 10.1. The first-order chi connectivity index (χ1) is 19.8. The number of ether oxygens (including phenoxy) is 2. The summed E-state index contributed by atoms with van der Waals surface area (Å²) >= 11 is 0. The lowest BCUT2D eigenvalue weighted by Gasteiger charge is -2.13. The lowest BCUT2D eigenvalue weighted by molar-refractivity contribution is -0.140. The zero-order valence-electron chi connectivity index (χ0n) is 22.1. The van der Waals surface area contributed by atoms with Gasteiger partial charge in [-0.2, -0.15) is 18.3 Å². The maximum atomic E-state index is 13.3. The quantitative estimate of drug-likeness (QED) is 0.227. The topological polar surface area (TPSA) is 106 Å². The van der Waals surface area contributed by atoms with Crippen LogP contribution in [0.4, 0.5) is 17.6 Å². The fourth-order valence-corrected chi connectivity index (χ4v) is 4.74. The van der Waals surface area contributed by atoms with Crippen LogP contribution in [0.2, 0.25) is 0 Å². The van der Waals surface area contributed by atoms with E-state index in [2.05, 4.69) is 25.0 Å². The SMILES string of the molecule is COc1cc(Cn2ncc3cnc(-c4c(OC)ncnc4C4CC4)nc32)ccc1-c1nc(C(F)(F)F)cn1CCF. The van der Waals surface area contributed by atoms with Crippen LogP contribution in [-0.4, -0.2) is 60.2 Å². The van der Waals surface area contributed by atoms with E-state index in [0.29, 0.717) is 39.8 Å². The van der Waals surface area contributed by atoms with Crippen LogP contribution in [0.1, 0.15) is 35.7 Å². The molecule has 212 valence electrons. The monoisotopic (exact) mass is 568 g/mol. The minimum Gasteiger partial charge on any atom is -0.496 e. The average Bonchev–Trinajstić information content (AvgIpc) is 3.61. The van der Waals surface area contributed by atoms with E-state index in [1.54, 1.807) is 35.3 Å². The standard InChI is InChI=1S/C27H24F4N8O2/c1-40-19-9-15(3-6-18(19)25-36-20(27(29,30)31)13-38(25)8-7-28)12-39-24-17(11-35-39)10-32-23(37-24)21-22(16-4-5-16)33-14-34-26(21)41-2/h3,6,9-11,13-14,16H,4-5,7-8,12H2,1-2H3. The molecule has 0 aliphatic heterocycles. The Bertz CT molecular complexity index is 1730. The summed E-state index contributed by atoms with van der Waals surface area (Å²) in [5, 5.41) is 5.19. The van der Waals surface area contributed by atoms with Gasteiger partial charge in [-0.3, -0.25) is 0 Å². The molecule has 14 heteroatoms. The number of alkyl halides is 4. The first kappa shape index (κ1) is 26.6.